The summed E-state index contributed by atoms with van der Waals surface area (Å²) >= 11 is 0. The Bertz CT molecular complexity index is 1300. The Morgan fingerprint density at radius 1 is 1.24 bits per heavy atom. The average molecular weight is 476 g/mol. The molecule has 0 unspecified atom stereocenters. The van der Waals surface area contributed by atoms with Gasteiger partial charge in [0.15, 0.2) is 5.82 Å². The zero-order chi connectivity index (χ0) is 25.0. The van der Waals surface area contributed by atoms with Gasteiger partial charge in [0.25, 0.3) is 5.91 Å². The maximum atomic E-state index is 13.7. The van der Waals surface area contributed by atoms with Gasteiger partial charge in [0.2, 0.25) is 5.91 Å². The van der Waals surface area contributed by atoms with Crippen molar-refractivity contribution < 1.29 is 27.9 Å². The third-order valence-electron chi connectivity index (χ3n) is 6.10. The van der Waals surface area contributed by atoms with Crippen molar-refractivity contribution in [1.82, 2.24) is 19.5 Å². The van der Waals surface area contributed by atoms with Crippen molar-refractivity contribution in [2.45, 2.75) is 39.1 Å². The number of aromatic nitrogens is 3. The lowest BCUT2D eigenvalue weighted by Gasteiger charge is -2.45. The average Bonchev–Trinajstić information content (AvgIpc) is 3.16. The minimum atomic E-state index is -4.70. The Balaban J connectivity index is 1.87. The molecule has 1 aromatic carbocycles. The first kappa shape index (κ1) is 23.5. The Kier molecular flexibility index (Phi) is 5.51. The molecule has 1 aliphatic rings. The van der Waals surface area contributed by atoms with E-state index in [0.29, 0.717) is 16.8 Å². The molecule has 1 fully saturated rings. The number of benzene rings is 1. The molecule has 0 bridgehead atoms. The monoisotopic (exact) mass is 476 g/mol. The molecule has 12 heteroatoms. The van der Waals surface area contributed by atoms with Gasteiger partial charge in [-0.3, -0.25) is 9.59 Å². The number of aliphatic hydroxyl groups is 1. The molecule has 3 aromatic rings. The van der Waals surface area contributed by atoms with Gasteiger partial charge in [-0.25, -0.2) is 9.50 Å². The highest BCUT2D eigenvalue weighted by molar-refractivity contribution is 6.03. The van der Waals surface area contributed by atoms with Crippen molar-refractivity contribution in [1.29, 1.82) is 0 Å². The molecule has 9 nitrogen and oxygen atoms in total. The zero-order valence-electron chi connectivity index (χ0n) is 18.7. The van der Waals surface area contributed by atoms with Crippen LogP contribution in [0.25, 0.3) is 16.8 Å². The number of rotatable bonds is 3. The van der Waals surface area contributed by atoms with Gasteiger partial charge in [-0.2, -0.15) is 18.3 Å². The van der Waals surface area contributed by atoms with Crippen molar-refractivity contribution in [2.24, 2.45) is 0 Å². The molecular weight excluding hydrogens is 453 g/mol. The highest BCUT2D eigenvalue weighted by atomic mass is 19.4. The molecule has 0 aliphatic carbocycles. The van der Waals surface area contributed by atoms with Gasteiger partial charge in [0, 0.05) is 36.8 Å². The van der Waals surface area contributed by atoms with Crippen LogP contribution in [0.1, 0.15) is 31.9 Å². The van der Waals surface area contributed by atoms with Crippen molar-refractivity contribution in [2.75, 3.05) is 23.7 Å². The molecule has 0 radical (unpaired) electrons. The van der Waals surface area contributed by atoms with Gasteiger partial charge in [-0.15, -0.1) is 0 Å². The van der Waals surface area contributed by atoms with Gasteiger partial charge in [0.05, 0.1) is 17.9 Å². The van der Waals surface area contributed by atoms with Gasteiger partial charge >= 0.3 is 6.18 Å². The molecule has 34 heavy (non-hydrogen) atoms. The number of halogens is 3. The van der Waals surface area contributed by atoms with Crippen LogP contribution in [0.15, 0.2) is 30.6 Å². The second-order valence-corrected chi connectivity index (χ2v) is 8.53. The summed E-state index contributed by atoms with van der Waals surface area (Å²) in [6, 6.07) is 5.54. The first-order chi connectivity index (χ1) is 15.9. The Morgan fingerprint density at radius 2 is 1.94 bits per heavy atom. The number of nitrogens with zero attached hydrogens (tertiary/aromatic N) is 5. The van der Waals surface area contributed by atoms with Crippen molar-refractivity contribution in [3.05, 3.63) is 41.7 Å². The maximum absolute atomic E-state index is 13.7. The topological polar surface area (TPSA) is 117 Å². The number of hydrogen-bond acceptors (Lipinski definition) is 6. The van der Waals surface area contributed by atoms with E-state index in [4.69, 9.17) is 5.73 Å². The molecule has 2 amide bonds. The predicted molar refractivity (Wildman–Crippen MR) is 118 cm³/mol. The summed E-state index contributed by atoms with van der Waals surface area (Å²) in [6.07, 6.45) is -3.64. The standard InChI is InChI=1S/C22H23F3N6O3/c1-12(33)30-7-6-29(20(34)21(30,2)3)16-8-13(4-5-14(16)10-32)17-9-15(22(23,24)25)18-19(26)27-11-28-31(17)18/h4-5,8-9,11,32H,6-7,10H2,1-3H3,(H2,26,27,28). The van der Waals surface area contributed by atoms with E-state index in [2.05, 4.69) is 10.1 Å². The molecule has 1 saturated heterocycles. The molecule has 3 N–H and O–H groups in total. The van der Waals surface area contributed by atoms with Crippen molar-refractivity contribution in [3.8, 4) is 11.3 Å². The van der Waals surface area contributed by atoms with Gasteiger partial charge in [-0.05, 0) is 26.0 Å². The molecule has 0 spiro atoms. The lowest BCUT2D eigenvalue weighted by Crippen LogP contribution is -2.64. The van der Waals surface area contributed by atoms with Crippen LogP contribution in [0.4, 0.5) is 24.7 Å². The molecular formula is C22H23F3N6O3. The van der Waals surface area contributed by atoms with E-state index in [1.54, 1.807) is 19.9 Å². The number of anilines is 2. The summed E-state index contributed by atoms with van der Waals surface area (Å²) in [6.45, 7) is 4.67. The van der Waals surface area contributed by atoms with Crippen LogP contribution < -0.4 is 10.6 Å². The molecule has 3 heterocycles. The zero-order valence-corrected chi connectivity index (χ0v) is 18.7. The minimum absolute atomic E-state index is 0.0937. The highest BCUT2D eigenvalue weighted by Gasteiger charge is 2.44. The van der Waals surface area contributed by atoms with E-state index in [1.165, 1.54) is 28.9 Å². The largest absolute Gasteiger partial charge is 0.418 e. The smallest absolute Gasteiger partial charge is 0.392 e. The van der Waals surface area contributed by atoms with Crippen LogP contribution in [-0.4, -0.2) is 55.0 Å². The van der Waals surface area contributed by atoms with Crippen LogP contribution >= 0.6 is 0 Å². The van der Waals surface area contributed by atoms with Gasteiger partial charge in [-0.1, -0.05) is 12.1 Å². The fourth-order valence-corrected chi connectivity index (χ4v) is 4.41. The van der Waals surface area contributed by atoms with E-state index in [1.807, 2.05) is 0 Å². The van der Waals surface area contributed by atoms with Crippen LogP contribution in [0.5, 0.6) is 0 Å². The number of carbonyl (C=O) groups excluding carboxylic acids is 2. The summed E-state index contributed by atoms with van der Waals surface area (Å²) in [4.78, 5) is 31.9. The molecule has 180 valence electrons. The molecule has 4 rings (SSSR count). The molecule has 2 aromatic heterocycles. The Hall–Kier alpha value is -3.67. The van der Waals surface area contributed by atoms with E-state index in [0.717, 1.165) is 16.9 Å². The number of alkyl halides is 3. The minimum Gasteiger partial charge on any atom is -0.392 e. The first-order valence-electron chi connectivity index (χ1n) is 10.4. The summed E-state index contributed by atoms with van der Waals surface area (Å²) in [5, 5.41) is 13.8. The number of aliphatic hydroxyl groups excluding tert-OH is 1. The number of fused-ring (bicyclic) bond motifs is 1. The number of carbonyl (C=O) groups is 2. The van der Waals surface area contributed by atoms with Crippen LogP contribution in [-0.2, 0) is 22.4 Å². The normalized spacial score (nSPS) is 16.4. The Morgan fingerprint density at radius 3 is 2.56 bits per heavy atom. The van der Waals surface area contributed by atoms with E-state index in [9.17, 15) is 27.9 Å². The molecule has 1 aliphatic heterocycles. The van der Waals surface area contributed by atoms with E-state index >= 15 is 0 Å². The second-order valence-electron chi connectivity index (χ2n) is 8.53. The van der Waals surface area contributed by atoms with Crippen LogP contribution in [0.3, 0.4) is 0 Å². The number of nitrogens with two attached hydrogens (primary N) is 1. The summed E-state index contributed by atoms with van der Waals surface area (Å²) in [7, 11) is 0. The van der Waals surface area contributed by atoms with Crippen LogP contribution in [0.2, 0.25) is 0 Å². The van der Waals surface area contributed by atoms with Crippen molar-refractivity contribution in [3.63, 3.8) is 0 Å². The van der Waals surface area contributed by atoms with Crippen molar-refractivity contribution >= 4 is 28.8 Å². The summed E-state index contributed by atoms with van der Waals surface area (Å²) < 4.78 is 42.2. The second kappa shape index (κ2) is 7.97. The fraction of sp³-hybridized carbons (Fsp3) is 0.364. The fourth-order valence-electron chi connectivity index (χ4n) is 4.41. The maximum Gasteiger partial charge on any atom is 0.418 e. The number of piperazine rings is 1. The highest BCUT2D eigenvalue weighted by Crippen LogP contribution is 2.40. The number of amides is 2. The van der Waals surface area contributed by atoms with Gasteiger partial charge < -0.3 is 20.6 Å². The van der Waals surface area contributed by atoms with E-state index in [-0.39, 0.29) is 41.9 Å². The molecule has 0 atom stereocenters. The Labute approximate surface area is 192 Å². The third-order valence-corrected chi connectivity index (χ3v) is 6.10. The van der Waals surface area contributed by atoms with E-state index < -0.39 is 23.9 Å². The van der Waals surface area contributed by atoms with Gasteiger partial charge in [0.1, 0.15) is 17.4 Å². The van der Waals surface area contributed by atoms with Crippen LogP contribution in [0, 0.1) is 0 Å². The SMILES string of the molecule is CC(=O)N1CCN(c2cc(-c3cc(C(F)(F)F)c4c(N)ncnn34)ccc2CO)C(=O)C1(C)C. The summed E-state index contributed by atoms with van der Waals surface area (Å²) in [5.41, 5.74) is 4.41. The lowest BCUT2D eigenvalue weighted by molar-refractivity contribution is -0.145. The third kappa shape index (κ3) is 3.63. The number of hydrogen-bond donors (Lipinski definition) is 2. The first-order valence-corrected chi connectivity index (χ1v) is 10.4. The quantitative estimate of drug-likeness (QED) is 0.600. The number of nitrogen functional groups attached to an aromatic ring is 1. The summed E-state index contributed by atoms with van der Waals surface area (Å²) in [5.74, 6) is -0.938. The molecule has 0 saturated carbocycles. The predicted octanol–water partition coefficient (Wildman–Crippen LogP) is 2.46. The lowest BCUT2D eigenvalue weighted by atomic mass is 9.95.